The zero-order chi connectivity index (χ0) is 13.8. The summed E-state index contributed by atoms with van der Waals surface area (Å²) in [7, 11) is 0. The van der Waals surface area contributed by atoms with Crippen LogP contribution in [0.3, 0.4) is 0 Å². The number of carbonyl (C=O) groups is 1. The van der Waals surface area contributed by atoms with Crippen LogP contribution in [0.25, 0.3) is 6.08 Å². The molecule has 0 radical (unpaired) electrons. The normalized spacial score (nSPS) is 15.7. The lowest BCUT2D eigenvalue weighted by Crippen LogP contribution is -2.29. The molecule has 0 amide bonds. The third-order valence-electron chi connectivity index (χ3n) is 3.07. The van der Waals surface area contributed by atoms with Crippen molar-refractivity contribution >= 4 is 33.7 Å². The van der Waals surface area contributed by atoms with Crippen LogP contribution in [0, 0.1) is 0 Å². The average molecular weight is 322 g/mol. The van der Waals surface area contributed by atoms with Crippen LogP contribution < -0.4 is 4.90 Å². The predicted octanol–water partition coefficient (Wildman–Crippen LogP) is 3.70. The molecule has 0 unspecified atom stereocenters. The second-order valence-corrected chi connectivity index (χ2v) is 5.55. The fourth-order valence-electron chi connectivity index (χ4n) is 2.21. The number of hydrogen-bond donors (Lipinski definition) is 1. The summed E-state index contributed by atoms with van der Waals surface area (Å²) in [5.74, 6) is -0.927. The average Bonchev–Trinajstić information content (AvgIpc) is 2.37. The van der Waals surface area contributed by atoms with Crippen LogP contribution in [0.5, 0.6) is 0 Å². The van der Waals surface area contributed by atoms with E-state index in [4.69, 9.17) is 5.11 Å². The summed E-state index contributed by atoms with van der Waals surface area (Å²) in [5.41, 5.74) is 3.35. The molecule has 0 fully saturated rings. The molecule has 0 saturated carbocycles. The molecule has 0 saturated heterocycles. The van der Waals surface area contributed by atoms with Crippen molar-refractivity contribution in [3.63, 3.8) is 0 Å². The number of carboxylic acid groups (broad SMARTS) is 1. The van der Waals surface area contributed by atoms with Crippen LogP contribution in [0.2, 0.25) is 0 Å². The summed E-state index contributed by atoms with van der Waals surface area (Å²) in [6.07, 6.45) is 6.11. The quantitative estimate of drug-likeness (QED) is 0.681. The number of halogens is 1. The second-order valence-electron chi connectivity index (χ2n) is 4.64. The lowest BCUT2D eigenvalue weighted by molar-refractivity contribution is -0.131. The number of anilines is 1. The van der Waals surface area contributed by atoms with Gasteiger partial charge in [-0.25, -0.2) is 4.79 Å². The van der Waals surface area contributed by atoms with E-state index in [0.29, 0.717) is 0 Å². The van der Waals surface area contributed by atoms with Crippen LogP contribution in [0.4, 0.5) is 5.69 Å². The number of aliphatic carboxylic acids is 1. The van der Waals surface area contributed by atoms with Crippen molar-refractivity contribution in [3.05, 3.63) is 46.0 Å². The standard InChI is InChI=1S/C15H16BrNO2/c1-11-3-2-8-17(10-11)14-9-13(16)6-4-12(14)5-7-15(18)19/h3-7,9H,2,8,10H2,1H3,(H,18,19)/b7-5+. The zero-order valence-electron chi connectivity index (χ0n) is 10.8. The van der Waals surface area contributed by atoms with Gasteiger partial charge in [0.25, 0.3) is 0 Å². The highest BCUT2D eigenvalue weighted by Crippen LogP contribution is 2.28. The van der Waals surface area contributed by atoms with E-state index in [1.807, 2.05) is 18.2 Å². The maximum atomic E-state index is 10.7. The molecule has 1 aromatic carbocycles. The molecule has 0 spiro atoms. The lowest BCUT2D eigenvalue weighted by Gasteiger charge is -2.29. The van der Waals surface area contributed by atoms with Gasteiger partial charge in [0, 0.05) is 29.3 Å². The van der Waals surface area contributed by atoms with Crippen LogP contribution >= 0.6 is 15.9 Å². The zero-order valence-corrected chi connectivity index (χ0v) is 12.4. The summed E-state index contributed by atoms with van der Waals surface area (Å²) in [6.45, 7) is 3.98. The third-order valence-corrected chi connectivity index (χ3v) is 3.56. The Balaban J connectivity index is 2.34. The maximum Gasteiger partial charge on any atom is 0.328 e. The number of rotatable bonds is 3. The van der Waals surface area contributed by atoms with E-state index < -0.39 is 5.97 Å². The van der Waals surface area contributed by atoms with E-state index in [1.165, 1.54) is 11.6 Å². The van der Waals surface area contributed by atoms with E-state index in [2.05, 4.69) is 33.8 Å². The monoisotopic (exact) mass is 321 g/mol. The highest BCUT2D eigenvalue weighted by Gasteiger charge is 2.13. The highest BCUT2D eigenvalue weighted by atomic mass is 79.9. The van der Waals surface area contributed by atoms with Gasteiger partial charge < -0.3 is 10.0 Å². The summed E-state index contributed by atoms with van der Waals surface area (Å²) in [4.78, 5) is 12.9. The summed E-state index contributed by atoms with van der Waals surface area (Å²) < 4.78 is 1.00. The van der Waals surface area contributed by atoms with E-state index in [1.54, 1.807) is 6.08 Å². The highest BCUT2D eigenvalue weighted by molar-refractivity contribution is 9.10. The molecule has 1 aliphatic rings. The SMILES string of the molecule is CC1=CCCN(c2cc(Br)ccc2/C=C/C(=O)O)C1. The van der Waals surface area contributed by atoms with E-state index in [0.717, 1.165) is 35.2 Å². The molecule has 0 bridgehead atoms. The van der Waals surface area contributed by atoms with Crippen LogP contribution in [-0.2, 0) is 4.79 Å². The fourth-order valence-corrected chi connectivity index (χ4v) is 2.56. The number of benzene rings is 1. The van der Waals surface area contributed by atoms with Crippen molar-refractivity contribution in [1.82, 2.24) is 0 Å². The Kier molecular flexibility index (Phi) is 4.43. The summed E-state index contributed by atoms with van der Waals surface area (Å²) in [6, 6.07) is 5.91. The molecule has 100 valence electrons. The van der Waals surface area contributed by atoms with Crippen LogP contribution in [0.15, 0.2) is 40.4 Å². The molecule has 0 aliphatic carbocycles. The third kappa shape index (κ3) is 3.70. The molecule has 1 heterocycles. The van der Waals surface area contributed by atoms with Gasteiger partial charge in [-0.05, 0) is 37.1 Å². The van der Waals surface area contributed by atoms with Gasteiger partial charge in [-0.3, -0.25) is 0 Å². The van der Waals surface area contributed by atoms with Crippen molar-refractivity contribution in [2.75, 3.05) is 18.0 Å². The summed E-state index contributed by atoms with van der Waals surface area (Å²) in [5, 5.41) is 8.75. The van der Waals surface area contributed by atoms with Gasteiger partial charge in [-0.1, -0.05) is 33.6 Å². The van der Waals surface area contributed by atoms with Gasteiger partial charge in [0.2, 0.25) is 0 Å². The van der Waals surface area contributed by atoms with Gasteiger partial charge >= 0.3 is 5.97 Å². The predicted molar refractivity (Wildman–Crippen MR) is 81.4 cm³/mol. The van der Waals surface area contributed by atoms with Gasteiger partial charge in [-0.15, -0.1) is 0 Å². The minimum atomic E-state index is -0.927. The molecule has 0 aromatic heterocycles. The topological polar surface area (TPSA) is 40.5 Å². The molecule has 0 atom stereocenters. The van der Waals surface area contributed by atoms with Crippen molar-refractivity contribution in [3.8, 4) is 0 Å². The molecule has 1 aliphatic heterocycles. The Hall–Kier alpha value is -1.55. The van der Waals surface area contributed by atoms with Gasteiger partial charge in [-0.2, -0.15) is 0 Å². The van der Waals surface area contributed by atoms with Crippen LogP contribution in [-0.4, -0.2) is 24.2 Å². The molecule has 3 nitrogen and oxygen atoms in total. The first-order valence-corrected chi connectivity index (χ1v) is 6.96. The van der Waals surface area contributed by atoms with E-state index in [-0.39, 0.29) is 0 Å². The Morgan fingerprint density at radius 1 is 1.47 bits per heavy atom. The molecular formula is C15H16BrNO2. The molecular weight excluding hydrogens is 306 g/mol. The smallest absolute Gasteiger partial charge is 0.328 e. The fraction of sp³-hybridized carbons (Fsp3) is 0.267. The van der Waals surface area contributed by atoms with Crippen molar-refractivity contribution in [1.29, 1.82) is 0 Å². The first-order valence-electron chi connectivity index (χ1n) is 6.17. The largest absolute Gasteiger partial charge is 0.478 e. The minimum absolute atomic E-state index is 0.893. The first-order chi connectivity index (χ1) is 9.06. The van der Waals surface area contributed by atoms with Crippen LogP contribution in [0.1, 0.15) is 18.9 Å². The second kappa shape index (κ2) is 6.06. The molecule has 19 heavy (non-hydrogen) atoms. The van der Waals surface area contributed by atoms with Gasteiger partial charge in [0.15, 0.2) is 0 Å². The van der Waals surface area contributed by atoms with Crippen molar-refractivity contribution < 1.29 is 9.90 Å². The minimum Gasteiger partial charge on any atom is -0.478 e. The summed E-state index contributed by atoms with van der Waals surface area (Å²) >= 11 is 3.48. The Bertz CT molecular complexity index is 549. The lowest BCUT2D eigenvalue weighted by atomic mass is 10.1. The molecule has 1 N–H and O–H groups in total. The van der Waals surface area contributed by atoms with Gasteiger partial charge in [0.05, 0.1) is 0 Å². The Labute approximate surface area is 121 Å². The van der Waals surface area contributed by atoms with E-state index in [9.17, 15) is 4.79 Å². The number of carboxylic acids is 1. The van der Waals surface area contributed by atoms with Crippen molar-refractivity contribution in [2.45, 2.75) is 13.3 Å². The molecule has 4 heteroatoms. The first kappa shape index (κ1) is 13.9. The Morgan fingerprint density at radius 2 is 2.26 bits per heavy atom. The van der Waals surface area contributed by atoms with Gasteiger partial charge in [0.1, 0.15) is 0 Å². The molecule has 1 aromatic rings. The molecule has 2 rings (SSSR count). The number of hydrogen-bond acceptors (Lipinski definition) is 2. The number of nitrogens with zero attached hydrogens (tertiary/aromatic N) is 1. The van der Waals surface area contributed by atoms with Crippen molar-refractivity contribution in [2.24, 2.45) is 0 Å². The Morgan fingerprint density at radius 3 is 2.95 bits per heavy atom. The maximum absolute atomic E-state index is 10.7. The van der Waals surface area contributed by atoms with E-state index >= 15 is 0 Å².